The lowest BCUT2D eigenvalue weighted by Crippen LogP contribution is -2.28. The van der Waals surface area contributed by atoms with Crippen LogP contribution in [0.2, 0.25) is 0 Å². The summed E-state index contributed by atoms with van der Waals surface area (Å²) in [7, 11) is 0. The van der Waals surface area contributed by atoms with Crippen molar-refractivity contribution in [3.05, 3.63) is 35.4 Å². The first-order chi connectivity index (χ1) is 8.47. The summed E-state index contributed by atoms with van der Waals surface area (Å²) < 4.78 is 37.5. The largest absolute Gasteiger partial charge is 0.416 e. The van der Waals surface area contributed by atoms with Crippen LogP contribution in [0.25, 0.3) is 0 Å². The van der Waals surface area contributed by atoms with Gasteiger partial charge >= 0.3 is 6.18 Å². The number of nitrogens with one attached hydrogen (secondary N) is 1. The van der Waals surface area contributed by atoms with Gasteiger partial charge in [-0.3, -0.25) is 0 Å². The van der Waals surface area contributed by atoms with Crippen molar-refractivity contribution in [2.45, 2.75) is 38.5 Å². The van der Waals surface area contributed by atoms with Gasteiger partial charge in [-0.05, 0) is 24.5 Å². The van der Waals surface area contributed by atoms with Gasteiger partial charge in [-0.25, -0.2) is 0 Å². The van der Waals surface area contributed by atoms with Gasteiger partial charge in [0.15, 0.2) is 0 Å². The van der Waals surface area contributed by atoms with Crippen molar-refractivity contribution < 1.29 is 13.2 Å². The summed E-state index contributed by atoms with van der Waals surface area (Å²) in [6, 6.07) is 5.63. The van der Waals surface area contributed by atoms with E-state index in [1.807, 2.05) is 6.92 Å². The zero-order valence-corrected chi connectivity index (χ0v) is 11.0. The smallest absolute Gasteiger partial charge is 0.310 e. The molecule has 0 heterocycles. The van der Waals surface area contributed by atoms with Crippen LogP contribution in [0.3, 0.4) is 0 Å². The predicted octanol–water partition coefficient (Wildman–Crippen LogP) is 4.20. The molecule has 1 nitrogen and oxygen atoms in total. The molecule has 18 heavy (non-hydrogen) atoms. The van der Waals surface area contributed by atoms with E-state index in [-0.39, 0.29) is 6.04 Å². The molecule has 1 N–H and O–H groups in total. The van der Waals surface area contributed by atoms with Crippen LogP contribution in [0.1, 0.15) is 30.9 Å². The molecule has 0 amide bonds. The van der Waals surface area contributed by atoms with Crippen LogP contribution >= 0.6 is 11.6 Å². The lowest BCUT2D eigenvalue weighted by molar-refractivity contribution is -0.137. The van der Waals surface area contributed by atoms with Crippen LogP contribution in [-0.4, -0.2) is 11.9 Å². The van der Waals surface area contributed by atoms with Crippen molar-refractivity contribution in [2.75, 3.05) is 5.88 Å². The monoisotopic (exact) mass is 279 g/mol. The Hall–Kier alpha value is -0.740. The minimum absolute atomic E-state index is 0.247. The van der Waals surface area contributed by atoms with E-state index in [9.17, 15) is 13.2 Å². The molecule has 0 saturated heterocycles. The van der Waals surface area contributed by atoms with Crippen molar-refractivity contribution in [1.29, 1.82) is 0 Å². The summed E-state index contributed by atoms with van der Waals surface area (Å²) in [5.41, 5.74) is 0.0324. The molecule has 0 aliphatic carbocycles. The molecule has 1 unspecified atom stereocenters. The molecule has 1 aromatic carbocycles. The highest BCUT2D eigenvalue weighted by molar-refractivity contribution is 6.17. The molecule has 0 saturated carbocycles. The molecule has 1 rings (SSSR count). The van der Waals surface area contributed by atoms with Gasteiger partial charge in [0.1, 0.15) is 0 Å². The number of alkyl halides is 4. The van der Waals surface area contributed by atoms with Crippen LogP contribution in [0, 0.1) is 0 Å². The summed E-state index contributed by atoms with van der Waals surface area (Å²) in [5.74, 6) is 0.550. The lowest BCUT2D eigenvalue weighted by Gasteiger charge is -2.16. The molecule has 0 fully saturated rings. The quantitative estimate of drug-likeness (QED) is 0.770. The minimum atomic E-state index is -4.28. The fourth-order valence-electron chi connectivity index (χ4n) is 1.70. The number of hydrogen-bond acceptors (Lipinski definition) is 1. The SMILES string of the molecule is CCC(CCCl)NCc1cccc(C(F)(F)F)c1. The fraction of sp³-hybridized carbons (Fsp3) is 0.538. The minimum Gasteiger partial charge on any atom is -0.310 e. The molecule has 1 aromatic rings. The third-order valence-corrected chi connectivity index (χ3v) is 3.02. The Balaban J connectivity index is 2.62. The lowest BCUT2D eigenvalue weighted by atomic mass is 10.1. The maximum absolute atomic E-state index is 12.5. The van der Waals surface area contributed by atoms with Crippen LogP contribution in [-0.2, 0) is 12.7 Å². The Kier molecular flexibility index (Phi) is 5.96. The molecule has 0 radical (unpaired) electrons. The highest BCUT2D eigenvalue weighted by atomic mass is 35.5. The second-order valence-corrected chi connectivity index (χ2v) is 4.54. The van der Waals surface area contributed by atoms with Crippen LogP contribution in [0.15, 0.2) is 24.3 Å². The first-order valence-corrected chi connectivity index (χ1v) is 6.46. The molecule has 0 aliphatic rings. The Morgan fingerprint density at radius 3 is 2.61 bits per heavy atom. The van der Waals surface area contributed by atoms with E-state index in [2.05, 4.69) is 5.32 Å². The Labute approximate surface area is 110 Å². The van der Waals surface area contributed by atoms with E-state index < -0.39 is 11.7 Å². The number of hydrogen-bond donors (Lipinski definition) is 1. The Bertz CT molecular complexity index is 365. The van der Waals surface area contributed by atoms with Gasteiger partial charge in [-0.15, -0.1) is 11.6 Å². The van der Waals surface area contributed by atoms with Crippen molar-refractivity contribution in [3.63, 3.8) is 0 Å². The molecule has 5 heteroatoms. The fourth-order valence-corrected chi connectivity index (χ4v) is 1.97. The summed E-state index contributed by atoms with van der Waals surface area (Å²) >= 11 is 5.65. The Morgan fingerprint density at radius 2 is 2.06 bits per heavy atom. The predicted molar refractivity (Wildman–Crippen MR) is 67.7 cm³/mol. The van der Waals surface area contributed by atoms with Crippen molar-refractivity contribution in [2.24, 2.45) is 0 Å². The van der Waals surface area contributed by atoms with E-state index in [0.717, 1.165) is 18.9 Å². The van der Waals surface area contributed by atoms with E-state index in [1.165, 1.54) is 12.1 Å². The van der Waals surface area contributed by atoms with Crippen LogP contribution in [0.5, 0.6) is 0 Å². The normalized spacial score (nSPS) is 13.6. The van der Waals surface area contributed by atoms with Crippen LogP contribution < -0.4 is 5.32 Å². The zero-order chi connectivity index (χ0) is 13.6. The molecule has 0 aromatic heterocycles. The maximum atomic E-state index is 12.5. The molecular formula is C13H17ClF3N. The zero-order valence-electron chi connectivity index (χ0n) is 10.2. The van der Waals surface area contributed by atoms with E-state index in [4.69, 9.17) is 11.6 Å². The maximum Gasteiger partial charge on any atom is 0.416 e. The van der Waals surface area contributed by atoms with Crippen molar-refractivity contribution >= 4 is 11.6 Å². The summed E-state index contributed by atoms with van der Waals surface area (Å²) in [4.78, 5) is 0. The number of benzene rings is 1. The van der Waals surface area contributed by atoms with Gasteiger partial charge in [-0.2, -0.15) is 13.2 Å². The van der Waals surface area contributed by atoms with Gasteiger partial charge in [0.25, 0.3) is 0 Å². The number of rotatable bonds is 6. The van der Waals surface area contributed by atoms with Gasteiger partial charge in [0, 0.05) is 18.5 Å². The second kappa shape index (κ2) is 7.00. The first-order valence-electron chi connectivity index (χ1n) is 5.92. The average molecular weight is 280 g/mol. The van der Waals surface area contributed by atoms with Crippen LogP contribution in [0.4, 0.5) is 13.2 Å². The molecule has 0 bridgehead atoms. The van der Waals surface area contributed by atoms with E-state index in [0.29, 0.717) is 18.0 Å². The molecule has 0 spiro atoms. The molecular weight excluding hydrogens is 263 g/mol. The topological polar surface area (TPSA) is 12.0 Å². The highest BCUT2D eigenvalue weighted by Crippen LogP contribution is 2.29. The third kappa shape index (κ3) is 4.86. The molecule has 1 atom stereocenters. The van der Waals surface area contributed by atoms with E-state index >= 15 is 0 Å². The van der Waals surface area contributed by atoms with Crippen molar-refractivity contribution in [3.8, 4) is 0 Å². The molecule has 0 aliphatic heterocycles. The first kappa shape index (κ1) is 15.3. The van der Waals surface area contributed by atoms with Gasteiger partial charge < -0.3 is 5.32 Å². The summed E-state index contributed by atoms with van der Waals surface area (Å²) in [6.07, 6.45) is -2.56. The second-order valence-electron chi connectivity index (χ2n) is 4.16. The summed E-state index contributed by atoms with van der Waals surface area (Å²) in [5, 5.41) is 3.21. The highest BCUT2D eigenvalue weighted by Gasteiger charge is 2.30. The van der Waals surface area contributed by atoms with Crippen molar-refractivity contribution in [1.82, 2.24) is 5.32 Å². The third-order valence-electron chi connectivity index (χ3n) is 2.80. The Morgan fingerprint density at radius 1 is 1.33 bits per heavy atom. The number of halogens is 4. The van der Waals surface area contributed by atoms with Gasteiger partial charge in [0.05, 0.1) is 5.56 Å². The average Bonchev–Trinajstić information content (AvgIpc) is 2.34. The summed E-state index contributed by atoms with van der Waals surface area (Å²) in [6.45, 7) is 2.45. The standard InChI is InChI=1S/C13H17ClF3N/c1-2-12(6-7-14)18-9-10-4-3-5-11(8-10)13(15,16)17/h3-5,8,12,18H,2,6-7,9H2,1H3. The van der Waals surface area contributed by atoms with Gasteiger partial charge in [-0.1, -0.05) is 25.1 Å². The van der Waals surface area contributed by atoms with Gasteiger partial charge in [0.2, 0.25) is 0 Å². The molecule has 102 valence electrons. The van der Waals surface area contributed by atoms with E-state index in [1.54, 1.807) is 6.07 Å².